The van der Waals surface area contributed by atoms with Gasteiger partial charge in [-0.25, -0.2) is 9.67 Å². The molecule has 1 aromatic heterocycles. The first-order valence-corrected chi connectivity index (χ1v) is 6.33. The monoisotopic (exact) mass is 294 g/mol. The van der Waals surface area contributed by atoms with Gasteiger partial charge in [0.2, 0.25) is 0 Å². The molecule has 0 aliphatic rings. The molecule has 2 aromatic rings. The van der Waals surface area contributed by atoms with E-state index >= 15 is 0 Å². The van der Waals surface area contributed by atoms with Crippen molar-refractivity contribution >= 4 is 23.2 Å². The highest BCUT2D eigenvalue weighted by Gasteiger charge is 2.27. The first kappa shape index (κ1) is 14.5. The van der Waals surface area contributed by atoms with Crippen LogP contribution in [0.4, 0.5) is 5.69 Å². The third kappa shape index (κ3) is 2.97. The zero-order valence-corrected chi connectivity index (χ0v) is 12.2. The fourth-order valence-corrected chi connectivity index (χ4v) is 1.68. The molecule has 106 valence electrons. The highest BCUT2D eigenvalue weighted by Crippen LogP contribution is 2.25. The van der Waals surface area contributed by atoms with Gasteiger partial charge in [0.15, 0.2) is 0 Å². The molecule has 1 aromatic carbocycles. The summed E-state index contributed by atoms with van der Waals surface area (Å²) >= 11 is 5.98. The molecule has 1 heterocycles. The number of hydrogen-bond acceptors (Lipinski definition) is 4. The number of halogens is 1. The van der Waals surface area contributed by atoms with E-state index in [-0.39, 0.29) is 5.91 Å². The van der Waals surface area contributed by atoms with Crippen LogP contribution in [0.5, 0.6) is 0 Å². The van der Waals surface area contributed by atoms with Gasteiger partial charge in [-0.2, -0.15) is 5.10 Å². The molecule has 0 spiro atoms. The lowest BCUT2D eigenvalue weighted by molar-refractivity contribution is -0.133. The number of methoxy groups -OCH3 is 1. The Morgan fingerprint density at radius 3 is 2.80 bits per heavy atom. The molecule has 1 N–H and O–H groups in total. The standard InChI is InChI=1S/C13H15ClN4O2/c1-13(2,20-3)12(19)17-10-6-9(14)4-5-11(10)18-8-15-7-16-18/h4-8H,1-3H3,(H,17,19). The first-order chi connectivity index (χ1) is 9.44. The van der Waals surface area contributed by atoms with Crippen molar-refractivity contribution in [2.24, 2.45) is 0 Å². The highest BCUT2D eigenvalue weighted by molar-refractivity contribution is 6.31. The summed E-state index contributed by atoms with van der Waals surface area (Å²) in [6, 6.07) is 5.13. The predicted octanol–water partition coefficient (Wildman–Crippen LogP) is 2.28. The largest absolute Gasteiger partial charge is 0.369 e. The van der Waals surface area contributed by atoms with Crippen LogP contribution in [-0.2, 0) is 9.53 Å². The molecular weight excluding hydrogens is 280 g/mol. The van der Waals surface area contributed by atoms with Crippen molar-refractivity contribution in [2.45, 2.75) is 19.4 Å². The van der Waals surface area contributed by atoms with E-state index in [0.717, 1.165) is 0 Å². The lowest BCUT2D eigenvalue weighted by Gasteiger charge is -2.22. The fourth-order valence-electron chi connectivity index (χ4n) is 1.51. The van der Waals surface area contributed by atoms with Crippen molar-refractivity contribution in [2.75, 3.05) is 12.4 Å². The molecule has 0 radical (unpaired) electrons. The number of nitrogens with zero attached hydrogens (tertiary/aromatic N) is 3. The van der Waals surface area contributed by atoms with Crippen molar-refractivity contribution in [1.29, 1.82) is 0 Å². The highest BCUT2D eigenvalue weighted by atomic mass is 35.5. The molecular formula is C13H15ClN4O2. The average molecular weight is 295 g/mol. The van der Waals surface area contributed by atoms with Crippen LogP contribution in [0.2, 0.25) is 5.02 Å². The maximum atomic E-state index is 12.2. The van der Waals surface area contributed by atoms with Crippen LogP contribution in [-0.4, -0.2) is 33.4 Å². The molecule has 2 rings (SSSR count). The van der Waals surface area contributed by atoms with E-state index in [9.17, 15) is 4.79 Å². The smallest absolute Gasteiger partial charge is 0.256 e. The fraction of sp³-hybridized carbons (Fsp3) is 0.308. The van der Waals surface area contributed by atoms with Gasteiger partial charge < -0.3 is 10.1 Å². The summed E-state index contributed by atoms with van der Waals surface area (Å²) in [6.45, 7) is 3.37. The molecule has 0 aliphatic carbocycles. The Hall–Kier alpha value is -1.92. The Balaban J connectivity index is 2.36. The number of hydrogen-bond donors (Lipinski definition) is 1. The quantitative estimate of drug-likeness (QED) is 0.939. The molecule has 0 atom stereocenters. The Kier molecular flexibility index (Phi) is 4.06. The van der Waals surface area contributed by atoms with Crippen molar-refractivity contribution in [1.82, 2.24) is 14.8 Å². The van der Waals surface area contributed by atoms with E-state index in [0.29, 0.717) is 16.4 Å². The van der Waals surface area contributed by atoms with E-state index in [1.807, 2.05) is 0 Å². The number of nitrogens with one attached hydrogen (secondary N) is 1. The molecule has 0 fully saturated rings. The van der Waals surface area contributed by atoms with Crippen LogP contribution in [0, 0.1) is 0 Å². The minimum atomic E-state index is -0.943. The van der Waals surface area contributed by atoms with Crippen LogP contribution < -0.4 is 5.32 Å². The van der Waals surface area contributed by atoms with Crippen molar-refractivity contribution < 1.29 is 9.53 Å². The van der Waals surface area contributed by atoms with E-state index in [2.05, 4.69) is 15.4 Å². The summed E-state index contributed by atoms with van der Waals surface area (Å²) in [4.78, 5) is 16.1. The number of amides is 1. The lowest BCUT2D eigenvalue weighted by Crippen LogP contribution is -2.39. The molecule has 20 heavy (non-hydrogen) atoms. The molecule has 0 saturated heterocycles. The Morgan fingerprint density at radius 2 is 2.20 bits per heavy atom. The number of aromatic nitrogens is 3. The molecule has 1 amide bonds. The number of carbonyl (C=O) groups is 1. The molecule has 7 heteroatoms. The molecule has 0 bridgehead atoms. The van der Waals surface area contributed by atoms with Crippen LogP contribution in [0.25, 0.3) is 5.69 Å². The van der Waals surface area contributed by atoms with Crippen LogP contribution >= 0.6 is 11.6 Å². The number of benzene rings is 1. The maximum Gasteiger partial charge on any atom is 0.256 e. The van der Waals surface area contributed by atoms with Gasteiger partial charge in [-0.3, -0.25) is 4.79 Å². The van der Waals surface area contributed by atoms with E-state index in [1.165, 1.54) is 13.4 Å². The van der Waals surface area contributed by atoms with Gasteiger partial charge in [0.05, 0.1) is 11.4 Å². The summed E-state index contributed by atoms with van der Waals surface area (Å²) in [5.41, 5.74) is 0.271. The van der Waals surface area contributed by atoms with Gasteiger partial charge in [0, 0.05) is 12.1 Å². The molecule has 0 unspecified atom stereocenters. The molecule has 6 nitrogen and oxygen atoms in total. The van der Waals surface area contributed by atoms with Gasteiger partial charge in [-0.1, -0.05) is 11.6 Å². The third-order valence-electron chi connectivity index (χ3n) is 2.93. The Labute approximate surface area is 121 Å². The summed E-state index contributed by atoms with van der Waals surface area (Å²) in [7, 11) is 1.48. The normalized spacial score (nSPS) is 11.4. The average Bonchev–Trinajstić information content (AvgIpc) is 2.92. The third-order valence-corrected chi connectivity index (χ3v) is 3.16. The van der Waals surface area contributed by atoms with Gasteiger partial charge in [-0.15, -0.1) is 0 Å². The maximum absolute atomic E-state index is 12.2. The lowest BCUT2D eigenvalue weighted by atomic mass is 10.1. The second-order valence-electron chi connectivity index (χ2n) is 4.67. The Bertz CT molecular complexity index is 611. The second kappa shape index (κ2) is 5.60. The Morgan fingerprint density at radius 1 is 1.45 bits per heavy atom. The summed E-state index contributed by atoms with van der Waals surface area (Å²) in [5.74, 6) is -0.274. The van der Waals surface area contributed by atoms with Gasteiger partial charge >= 0.3 is 0 Å². The van der Waals surface area contributed by atoms with E-state index in [4.69, 9.17) is 16.3 Å². The van der Waals surface area contributed by atoms with Gasteiger partial charge in [0.25, 0.3) is 5.91 Å². The number of rotatable bonds is 4. The molecule has 0 saturated carbocycles. The minimum absolute atomic E-state index is 0.274. The zero-order chi connectivity index (χ0) is 14.8. The van der Waals surface area contributed by atoms with Crippen molar-refractivity contribution in [3.8, 4) is 5.69 Å². The summed E-state index contributed by atoms with van der Waals surface area (Å²) in [6.07, 6.45) is 2.96. The number of ether oxygens (including phenoxy) is 1. The van der Waals surface area contributed by atoms with Crippen LogP contribution in [0.3, 0.4) is 0 Å². The summed E-state index contributed by atoms with van der Waals surface area (Å²) < 4.78 is 6.70. The molecule has 0 aliphatic heterocycles. The van der Waals surface area contributed by atoms with Crippen molar-refractivity contribution in [3.05, 3.63) is 35.9 Å². The van der Waals surface area contributed by atoms with Crippen molar-refractivity contribution in [3.63, 3.8) is 0 Å². The number of anilines is 1. The van der Waals surface area contributed by atoms with Crippen LogP contribution in [0.15, 0.2) is 30.9 Å². The van der Waals surface area contributed by atoms with E-state index < -0.39 is 5.60 Å². The van der Waals surface area contributed by atoms with Gasteiger partial charge in [0.1, 0.15) is 18.3 Å². The summed E-state index contributed by atoms with van der Waals surface area (Å²) in [5, 5.41) is 7.35. The second-order valence-corrected chi connectivity index (χ2v) is 5.11. The van der Waals surface area contributed by atoms with Gasteiger partial charge in [-0.05, 0) is 32.0 Å². The zero-order valence-electron chi connectivity index (χ0n) is 11.4. The van der Waals surface area contributed by atoms with Crippen LogP contribution in [0.1, 0.15) is 13.8 Å². The minimum Gasteiger partial charge on any atom is -0.369 e. The predicted molar refractivity (Wildman–Crippen MR) is 76.1 cm³/mol. The first-order valence-electron chi connectivity index (χ1n) is 5.95. The van der Waals surface area contributed by atoms with E-state index in [1.54, 1.807) is 43.1 Å². The number of carbonyl (C=O) groups excluding carboxylic acids is 1. The topological polar surface area (TPSA) is 69.0 Å². The SMILES string of the molecule is COC(C)(C)C(=O)Nc1cc(Cl)ccc1-n1cncn1.